The molecule has 138 valence electrons. The molecule has 7 nitrogen and oxygen atoms in total. The lowest BCUT2D eigenvalue weighted by Crippen LogP contribution is -2.43. The lowest BCUT2D eigenvalue weighted by Gasteiger charge is -2.20. The first-order valence-corrected chi connectivity index (χ1v) is 8.59. The maximum atomic E-state index is 11.5. The Balaban J connectivity index is 0.00000243. The van der Waals surface area contributed by atoms with E-state index in [-0.39, 0.29) is 28.5 Å². The lowest BCUT2D eigenvalue weighted by molar-refractivity contribution is -0.637. The Hall–Kier alpha value is -2.23. The summed E-state index contributed by atoms with van der Waals surface area (Å²) in [4.78, 5) is 11.5. The molecule has 2 aromatic carbocycles. The predicted octanol–water partition coefficient (Wildman–Crippen LogP) is 3.33. The van der Waals surface area contributed by atoms with E-state index in [1.54, 1.807) is 5.41 Å². The number of thioether (sulfide) groups is 1. The molecule has 0 saturated carbocycles. The molecule has 1 aliphatic heterocycles. The van der Waals surface area contributed by atoms with E-state index in [1.807, 2.05) is 30.3 Å². The fraction of sp³-hybridized carbons (Fsp3) is 0.176. The highest BCUT2D eigenvalue weighted by atomic mass is 79.9. The maximum absolute atomic E-state index is 11.5. The molecule has 0 amide bonds. The molecule has 3 N–H and O–H groups in total. The molecule has 1 unspecified atom stereocenters. The predicted molar refractivity (Wildman–Crippen MR) is 106 cm³/mol. The van der Waals surface area contributed by atoms with Gasteiger partial charge in [-0.1, -0.05) is 47.1 Å². The van der Waals surface area contributed by atoms with Gasteiger partial charge in [0.15, 0.2) is 22.0 Å². The minimum absolute atomic E-state index is 0. The molecule has 0 bridgehead atoms. The molecule has 0 fully saturated rings. The van der Waals surface area contributed by atoms with Crippen molar-refractivity contribution in [3.63, 3.8) is 0 Å². The third-order valence-electron chi connectivity index (χ3n) is 3.80. The Labute approximate surface area is 165 Å². The van der Waals surface area contributed by atoms with Gasteiger partial charge in [0.2, 0.25) is 0 Å². The molecule has 0 aromatic heterocycles. The Kier molecular flexibility index (Phi) is 6.90. The number of rotatable bonds is 6. The highest BCUT2D eigenvalue weighted by Gasteiger charge is 2.36. The van der Waals surface area contributed by atoms with E-state index in [0.29, 0.717) is 17.8 Å². The van der Waals surface area contributed by atoms with Crippen molar-refractivity contribution in [1.29, 1.82) is 0 Å². The Morgan fingerprint density at radius 2 is 1.88 bits per heavy atom. The van der Waals surface area contributed by atoms with Crippen molar-refractivity contribution in [2.24, 2.45) is 0 Å². The fourth-order valence-electron chi connectivity index (χ4n) is 2.54. The van der Waals surface area contributed by atoms with Crippen LogP contribution in [0.3, 0.4) is 0 Å². The number of aromatic hydroxyl groups is 2. The zero-order chi connectivity index (χ0) is 17.8. The Morgan fingerprint density at radius 3 is 2.54 bits per heavy atom. The van der Waals surface area contributed by atoms with Crippen LogP contribution in [-0.2, 0) is 6.42 Å². The first-order chi connectivity index (χ1) is 12.1. The molecule has 0 aliphatic carbocycles. The number of halogens is 1. The van der Waals surface area contributed by atoms with E-state index in [1.165, 1.54) is 30.0 Å². The van der Waals surface area contributed by atoms with Crippen LogP contribution in [-0.4, -0.2) is 32.3 Å². The summed E-state index contributed by atoms with van der Waals surface area (Å²) in [5.74, 6) is -0.577. The summed E-state index contributed by atoms with van der Waals surface area (Å²) in [6.07, 6.45) is 0.763. The van der Waals surface area contributed by atoms with Gasteiger partial charge in [0.25, 0.3) is 0 Å². The number of phenols is 2. The van der Waals surface area contributed by atoms with Crippen molar-refractivity contribution in [1.82, 2.24) is 10.3 Å². The summed E-state index contributed by atoms with van der Waals surface area (Å²) in [7, 11) is 0. The molecule has 0 saturated heterocycles. The van der Waals surface area contributed by atoms with Crippen LogP contribution < -0.4 is 5.32 Å². The summed E-state index contributed by atoms with van der Waals surface area (Å²) < 4.78 is 0. The summed E-state index contributed by atoms with van der Waals surface area (Å²) in [6.45, 7) is 0.591. The lowest BCUT2D eigenvalue weighted by atomic mass is 10.1. The van der Waals surface area contributed by atoms with Gasteiger partial charge >= 0.3 is 0 Å². The zero-order valence-electron chi connectivity index (χ0n) is 13.6. The minimum Gasteiger partial charge on any atom is -0.504 e. The van der Waals surface area contributed by atoms with E-state index in [4.69, 9.17) is 0 Å². The number of hydrogen-bond donors (Lipinski definition) is 3. The van der Waals surface area contributed by atoms with E-state index >= 15 is 0 Å². The molecule has 1 aliphatic rings. The molecule has 3 rings (SSSR count). The number of benzene rings is 2. The number of nitrogens with one attached hydrogen (secondary N) is 1. The van der Waals surface area contributed by atoms with Crippen LogP contribution in [0.25, 0.3) is 5.70 Å². The highest BCUT2D eigenvalue weighted by molar-refractivity contribution is 8.93. The molecule has 1 heterocycles. The average molecular weight is 440 g/mol. The molecular weight excluding hydrogens is 422 g/mol. The van der Waals surface area contributed by atoms with Gasteiger partial charge in [-0.2, -0.15) is 0 Å². The first-order valence-electron chi connectivity index (χ1n) is 7.65. The van der Waals surface area contributed by atoms with Gasteiger partial charge in [-0.05, 0) is 30.2 Å². The summed E-state index contributed by atoms with van der Waals surface area (Å²) in [5, 5.41) is 35.9. The van der Waals surface area contributed by atoms with Gasteiger partial charge in [-0.15, -0.1) is 17.0 Å². The third kappa shape index (κ3) is 4.48. The largest absolute Gasteiger partial charge is 0.504 e. The van der Waals surface area contributed by atoms with Crippen LogP contribution in [0.2, 0.25) is 0 Å². The number of hydrazine groups is 1. The highest BCUT2D eigenvalue weighted by Crippen LogP contribution is 2.37. The first kappa shape index (κ1) is 20.1. The Bertz CT molecular complexity index is 804. The molecular formula is C17H18BrN3O4S. The van der Waals surface area contributed by atoms with Crippen LogP contribution >= 0.6 is 28.7 Å². The molecule has 0 spiro atoms. The molecule has 0 radical (unpaired) electrons. The zero-order valence-corrected chi connectivity index (χ0v) is 16.1. The quantitative estimate of drug-likeness (QED) is 0.360. The van der Waals surface area contributed by atoms with Gasteiger partial charge in [-0.3, -0.25) is 5.32 Å². The minimum atomic E-state index is -0.537. The van der Waals surface area contributed by atoms with Crippen molar-refractivity contribution in [3.8, 4) is 11.5 Å². The summed E-state index contributed by atoms with van der Waals surface area (Å²) >= 11 is 1.29. The summed E-state index contributed by atoms with van der Waals surface area (Å²) in [5.41, 5.74) is 1.45. The average Bonchev–Trinajstić information content (AvgIpc) is 3.02. The standard InChI is InChI=1S/C17H17N3O4S.BrH/c21-15-7-6-13(10-16(15)22)14-11-25-17(19(14)20(23)24)18-9-8-12-4-2-1-3-5-12;/h1-7,10-11,17-18,21-22H,8-9H2;1H. The molecule has 9 heteroatoms. The monoisotopic (exact) mass is 439 g/mol. The number of hydrogen-bond acceptors (Lipinski definition) is 6. The number of nitrogens with zero attached hydrogens (tertiary/aromatic N) is 2. The van der Waals surface area contributed by atoms with Crippen LogP contribution in [0.4, 0.5) is 0 Å². The normalized spacial score (nSPS) is 16.1. The van der Waals surface area contributed by atoms with Gasteiger partial charge in [0, 0.05) is 17.5 Å². The molecule has 26 heavy (non-hydrogen) atoms. The molecule has 2 aromatic rings. The van der Waals surface area contributed by atoms with Crippen molar-refractivity contribution >= 4 is 34.4 Å². The third-order valence-corrected chi connectivity index (χ3v) is 4.78. The van der Waals surface area contributed by atoms with E-state index < -0.39 is 10.5 Å². The number of phenolic OH excluding ortho intramolecular Hbond substituents is 2. The molecule has 1 atom stereocenters. The van der Waals surface area contributed by atoms with E-state index in [2.05, 4.69) is 5.32 Å². The maximum Gasteiger partial charge on any atom is 0.196 e. The SMILES string of the molecule is Br.O=[N+]([O-])N1C(c2ccc(O)c(O)c2)=CSC1NCCc1ccccc1. The second kappa shape index (κ2) is 8.93. The van der Waals surface area contributed by atoms with Gasteiger partial charge in [0.05, 0.1) is 0 Å². The summed E-state index contributed by atoms with van der Waals surface area (Å²) in [6, 6.07) is 14.0. The second-order valence-electron chi connectivity index (χ2n) is 5.47. The van der Waals surface area contributed by atoms with E-state index in [9.17, 15) is 20.3 Å². The second-order valence-corrected chi connectivity index (χ2v) is 6.42. The van der Waals surface area contributed by atoms with Gasteiger partial charge < -0.3 is 10.2 Å². The van der Waals surface area contributed by atoms with Crippen LogP contribution in [0.1, 0.15) is 11.1 Å². The number of nitro groups is 1. The van der Waals surface area contributed by atoms with E-state index in [0.717, 1.165) is 17.0 Å². The van der Waals surface area contributed by atoms with Crippen LogP contribution in [0.15, 0.2) is 53.9 Å². The fourth-order valence-corrected chi connectivity index (χ4v) is 3.56. The van der Waals surface area contributed by atoms with Crippen LogP contribution in [0.5, 0.6) is 11.5 Å². The van der Waals surface area contributed by atoms with Crippen molar-refractivity contribution in [2.75, 3.05) is 6.54 Å². The van der Waals surface area contributed by atoms with Crippen molar-refractivity contribution < 1.29 is 15.2 Å². The van der Waals surface area contributed by atoms with Crippen LogP contribution in [0, 0.1) is 10.1 Å². The Morgan fingerprint density at radius 1 is 1.15 bits per heavy atom. The van der Waals surface area contributed by atoms with Crippen molar-refractivity contribution in [2.45, 2.75) is 11.9 Å². The van der Waals surface area contributed by atoms with Crippen molar-refractivity contribution in [3.05, 3.63) is 75.2 Å². The van der Waals surface area contributed by atoms with Gasteiger partial charge in [-0.25, -0.2) is 10.1 Å². The van der Waals surface area contributed by atoms with Gasteiger partial charge in [0.1, 0.15) is 5.70 Å². The topological polar surface area (TPSA) is 98.9 Å². The smallest absolute Gasteiger partial charge is 0.196 e.